The number of carbonyl (C=O) groups is 1. The highest BCUT2D eigenvalue weighted by atomic mass is 16.5. The first-order chi connectivity index (χ1) is 10.8. The van der Waals surface area contributed by atoms with E-state index in [0.29, 0.717) is 22.6 Å². The molecular weight excluding hydrogens is 276 g/mol. The molecule has 0 aliphatic heterocycles. The number of primary amides is 1. The Labute approximate surface area is 128 Å². The monoisotopic (exact) mass is 290 g/mol. The number of amides is 1. The molecule has 0 saturated carbocycles. The van der Waals surface area contributed by atoms with E-state index in [2.05, 4.69) is 4.98 Å². The standard InChI is InChI=1S/C18H14N2O2/c19-18(21)17-15(13-6-5-11-20-12-13)9-4-10-16(17)22-14-7-2-1-3-8-14/h1-12H,(H2,19,21). The normalized spacial score (nSPS) is 10.2. The highest BCUT2D eigenvalue weighted by Gasteiger charge is 2.16. The largest absolute Gasteiger partial charge is 0.457 e. The maximum Gasteiger partial charge on any atom is 0.253 e. The molecule has 1 heterocycles. The van der Waals surface area contributed by atoms with Crippen LogP contribution in [0.4, 0.5) is 0 Å². The van der Waals surface area contributed by atoms with Gasteiger partial charge in [-0.3, -0.25) is 9.78 Å². The molecule has 1 amide bonds. The Hall–Kier alpha value is -3.14. The number of rotatable bonds is 4. The van der Waals surface area contributed by atoms with Gasteiger partial charge in [0.2, 0.25) is 0 Å². The van der Waals surface area contributed by atoms with Crippen LogP contribution in [0.1, 0.15) is 10.4 Å². The minimum atomic E-state index is -0.537. The lowest BCUT2D eigenvalue weighted by Gasteiger charge is -2.13. The van der Waals surface area contributed by atoms with Crippen molar-refractivity contribution in [2.45, 2.75) is 0 Å². The topological polar surface area (TPSA) is 65.2 Å². The van der Waals surface area contributed by atoms with Gasteiger partial charge in [0.1, 0.15) is 11.5 Å². The van der Waals surface area contributed by atoms with Gasteiger partial charge < -0.3 is 10.5 Å². The van der Waals surface area contributed by atoms with Crippen molar-refractivity contribution in [3.63, 3.8) is 0 Å². The Morgan fingerprint density at radius 2 is 1.77 bits per heavy atom. The zero-order valence-corrected chi connectivity index (χ0v) is 11.8. The van der Waals surface area contributed by atoms with E-state index in [1.165, 1.54) is 0 Å². The Kier molecular flexibility index (Phi) is 3.83. The van der Waals surface area contributed by atoms with Crippen molar-refractivity contribution in [2.24, 2.45) is 5.73 Å². The summed E-state index contributed by atoms with van der Waals surface area (Å²) in [6.07, 6.45) is 3.37. The van der Waals surface area contributed by atoms with Crippen molar-refractivity contribution < 1.29 is 9.53 Å². The van der Waals surface area contributed by atoms with Gasteiger partial charge in [-0.1, -0.05) is 36.4 Å². The summed E-state index contributed by atoms with van der Waals surface area (Å²) in [5, 5.41) is 0. The van der Waals surface area contributed by atoms with Crippen LogP contribution in [0.25, 0.3) is 11.1 Å². The van der Waals surface area contributed by atoms with E-state index in [1.807, 2.05) is 54.6 Å². The van der Waals surface area contributed by atoms with Crippen LogP contribution in [0, 0.1) is 0 Å². The first-order valence-corrected chi connectivity index (χ1v) is 6.82. The summed E-state index contributed by atoms with van der Waals surface area (Å²) in [7, 11) is 0. The summed E-state index contributed by atoms with van der Waals surface area (Å²) in [4.78, 5) is 16.0. The summed E-state index contributed by atoms with van der Waals surface area (Å²) in [5.74, 6) is 0.541. The number of hydrogen-bond acceptors (Lipinski definition) is 3. The number of hydrogen-bond donors (Lipinski definition) is 1. The Morgan fingerprint density at radius 1 is 0.955 bits per heavy atom. The van der Waals surface area contributed by atoms with Crippen molar-refractivity contribution in [2.75, 3.05) is 0 Å². The number of pyridine rings is 1. The average molecular weight is 290 g/mol. The first-order valence-electron chi connectivity index (χ1n) is 6.82. The van der Waals surface area contributed by atoms with Gasteiger partial charge in [-0.15, -0.1) is 0 Å². The van der Waals surface area contributed by atoms with Gasteiger partial charge in [-0.05, 0) is 29.8 Å². The van der Waals surface area contributed by atoms with E-state index in [4.69, 9.17) is 10.5 Å². The van der Waals surface area contributed by atoms with Crippen molar-refractivity contribution >= 4 is 5.91 Å². The SMILES string of the molecule is NC(=O)c1c(Oc2ccccc2)cccc1-c1cccnc1. The molecule has 1 aromatic heterocycles. The minimum Gasteiger partial charge on any atom is -0.457 e. The van der Waals surface area contributed by atoms with Crippen LogP contribution in [0.15, 0.2) is 73.1 Å². The van der Waals surface area contributed by atoms with Gasteiger partial charge in [0.15, 0.2) is 0 Å². The molecule has 0 spiro atoms. The second-order valence-electron chi connectivity index (χ2n) is 4.70. The van der Waals surface area contributed by atoms with Crippen molar-refractivity contribution in [3.05, 3.63) is 78.6 Å². The molecule has 0 saturated heterocycles. The van der Waals surface area contributed by atoms with Crippen molar-refractivity contribution in [3.8, 4) is 22.6 Å². The van der Waals surface area contributed by atoms with Gasteiger partial charge >= 0.3 is 0 Å². The van der Waals surface area contributed by atoms with Crippen LogP contribution >= 0.6 is 0 Å². The van der Waals surface area contributed by atoms with E-state index in [0.717, 1.165) is 5.56 Å². The molecule has 0 unspecified atom stereocenters. The fourth-order valence-corrected chi connectivity index (χ4v) is 2.25. The number of nitrogens with two attached hydrogens (primary N) is 1. The van der Waals surface area contributed by atoms with Crippen LogP contribution in [0.2, 0.25) is 0 Å². The van der Waals surface area contributed by atoms with E-state index in [-0.39, 0.29) is 0 Å². The quantitative estimate of drug-likeness (QED) is 0.797. The lowest BCUT2D eigenvalue weighted by atomic mass is 10.00. The maximum atomic E-state index is 11.9. The molecule has 4 nitrogen and oxygen atoms in total. The Balaban J connectivity index is 2.10. The van der Waals surface area contributed by atoms with Crippen LogP contribution < -0.4 is 10.5 Å². The van der Waals surface area contributed by atoms with Gasteiger partial charge in [-0.2, -0.15) is 0 Å². The second kappa shape index (κ2) is 6.10. The van der Waals surface area contributed by atoms with E-state index >= 15 is 0 Å². The zero-order valence-electron chi connectivity index (χ0n) is 11.8. The molecule has 0 atom stereocenters. The molecular formula is C18H14N2O2. The predicted octanol–water partition coefficient (Wildman–Crippen LogP) is 3.64. The van der Waals surface area contributed by atoms with Gasteiger partial charge in [0.25, 0.3) is 5.91 Å². The fourth-order valence-electron chi connectivity index (χ4n) is 2.25. The third-order valence-electron chi connectivity index (χ3n) is 3.22. The fraction of sp³-hybridized carbons (Fsp3) is 0. The summed E-state index contributed by atoms with van der Waals surface area (Å²) < 4.78 is 5.81. The molecule has 108 valence electrons. The molecule has 22 heavy (non-hydrogen) atoms. The predicted molar refractivity (Wildman–Crippen MR) is 84.7 cm³/mol. The molecule has 0 bridgehead atoms. The van der Waals surface area contributed by atoms with Crippen molar-refractivity contribution in [1.82, 2.24) is 4.98 Å². The van der Waals surface area contributed by atoms with Crippen LogP contribution in [-0.2, 0) is 0 Å². The maximum absolute atomic E-state index is 11.9. The van der Waals surface area contributed by atoms with Gasteiger partial charge in [-0.25, -0.2) is 0 Å². The van der Waals surface area contributed by atoms with Crippen LogP contribution in [0.3, 0.4) is 0 Å². The van der Waals surface area contributed by atoms with Gasteiger partial charge in [0, 0.05) is 18.0 Å². The lowest BCUT2D eigenvalue weighted by Crippen LogP contribution is -2.14. The van der Waals surface area contributed by atoms with E-state index in [1.54, 1.807) is 18.5 Å². The first kappa shape index (κ1) is 13.8. The molecule has 0 aliphatic rings. The molecule has 0 radical (unpaired) electrons. The van der Waals surface area contributed by atoms with E-state index in [9.17, 15) is 4.79 Å². The third-order valence-corrected chi connectivity index (χ3v) is 3.22. The second-order valence-corrected chi connectivity index (χ2v) is 4.70. The number of carbonyl (C=O) groups excluding carboxylic acids is 1. The van der Waals surface area contributed by atoms with Crippen LogP contribution in [0.5, 0.6) is 11.5 Å². The third kappa shape index (κ3) is 2.81. The number of benzene rings is 2. The highest BCUT2D eigenvalue weighted by Crippen LogP contribution is 2.32. The highest BCUT2D eigenvalue weighted by molar-refractivity contribution is 6.02. The van der Waals surface area contributed by atoms with Crippen molar-refractivity contribution in [1.29, 1.82) is 0 Å². The molecule has 0 fully saturated rings. The molecule has 2 aromatic carbocycles. The molecule has 3 rings (SSSR count). The number of nitrogens with zero attached hydrogens (tertiary/aromatic N) is 1. The average Bonchev–Trinajstić information content (AvgIpc) is 2.56. The Bertz CT molecular complexity index is 787. The lowest BCUT2D eigenvalue weighted by molar-refractivity contribution is 0.0999. The van der Waals surface area contributed by atoms with Crippen LogP contribution in [-0.4, -0.2) is 10.9 Å². The number of para-hydroxylation sites is 1. The number of ether oxygens (including phenoxy) is 1. The summed E-state index contributed by atoms with van der Waals surface area (Å²) in [6.45, 7) is 0. The molecule has 0 aliphatic carbocycles. The summed E-state index contributed by atoms with van der Waals surface area (Å²) in [5.41, 5.74) is 7.43. The van der Waals surface area contributed by atoms with E-state index < -0.39 is 5.91 Å². The molecule has 2 N–H and O–H groups in total. The Morgan fingerprint density at radius 3 is 2.45 bits per heavy atom. The molecule has 4 heteroatoms. The summed E-state index contributed by atoms with van der Waals surface area (Å²) >= 11 is 0. The van der Waals surface area contributed by atoms with Gasteiger partial charge in [0.05, 0.1) is 5.56 Å². The zero-order chi connectivity index (χ0) is 15.4. The summed E-state index contributed by atoms with van der Waals surface area (Å²) in [6, 6.07) is 18.3. The minimum absolute atomic E-state index is 0.347. The number of aromatic nitrogens is 1. The molecule has 3 aromatic rings. The smallest absolute Gasteiger partial charge is 0.253 e.